The van der Waals surface area contributed by atoms with Crippen LogP contribution in [0.4, 0.5) is 0 Å². The molecule has 12 nitrogen and oxygen atoms in total. The third-order valence-corrected chi connectivity index (χ3v) is 11.9. The van der Waals surface area contributed by atoms with Gasteiger partial charge in [0.15, 0.2) is 24.6 Å². The summed E-state index contributed by atoms with van der Waals surface area (Å²) < 4.78 is 28.2. The SMILES string of the molecule is CC/C=C\C/C=C\C/C=C\C/C=C\CCC(=O)OC1C(OCC(COC(=O)CCCCCCCCCCCCCCCCC)OC(=O)CCCCCCCCCCC)OC(C(=O)O)C(O)C1O. The molecule has 1 aliphatic rings. The molecular formula is C55H94O12. The van der Waals surface area contributed by atoms with E-state index in [4.69, 9.17) is 23.7 Å². The molecule has 0 bridgehead atoms. The van der Waals surface area contributed by atoms with Crippen molar-refractivity contribution in [2.24, 2.45) is 0 Å². The molecule has 6 atom stereocenters. The van der Waals surface area contributed by atoms with Crippen molar-refractivity contribution in [1.82, 2.24) is 0 Å². The molecule has 0 spiro atoms. The number of carboxylic acids is 1. The van der Waals surface area contributed by atoms with Crippen molar-refractivity contribution in [2.45, 2.75) is 263 Å². The lowest BCUT2D eigenvalue weighted by Gasteiger charge is -2.40. The number of carbonyl (C=O) groups is 4. The third kappa shape index (κ3) is 34.6. The van der Waals surface area contributed by atoms with Crippen molar-refractivity contribution in [1.29, 1.82) is 0 Å². The topological polar surface area (TPSA) is 175 Å². The number of ether oxygens (including phenoxy) is 5. The zero-order valence-corrected chi connectivity index (χ0v) is 42.1. The predicted octanol–water partition coefficient (Wildman–Crippen LogP) is 12.7. The maximum Gasteiger partial charge on any atom is 0.335 e. The zero-order chi connectivity index (χ0) is 49.0. The van der Waals surface area contributed by atoms with E-state index in [2.05, 4.69) is 51.2 Å². The first kappa shape index (κ1) is 61.7. The normalized spacial score (nSPS) is 19.2. The maximum atomic E-state index is 13.0. The monoisotopic (exact) mass is 947 g/mol. The Labute approximate surface area is 405 Å². The Kier molecular flexibility index (Phi) is 40.4. The number of esters is 3. The van der Waals surface area contributed by atoms with Crippen LogP contribution in [-0.2, 0) is 42.9 Å². The van der Waals surface area contributed by atoms with Crippen LogP contribution in [0.25, 0.3) is 0 Å². The number of carboxylic acid groups (broad SMARTS) is 1. The van der Waals surface area contributed by atoms with Gasteiger partial charge in [-0.1, -0.05) is 211 Å². The Morgan fingerprint density at radius 3 is 1.40 bits per heavy atom. The molecule has 0 amide bonds. The Morgan fingerprint density at radius 2 is 0.940 bits per heavy atom. The minimum absolute atomic E-state index is 0.0585. The number of aliphatic hydroxyl groups is 2. The van der Waals surface area contributed by atoms with Crippen molar-refractivity contribution in [3.63, 3.8) is 0 Å². The molecule has 3 N–H and O–H groups in total. The molecule has 1 aliphatic heterocycles. The van der Waals surface area contributed by atoms with Crippen LogP contribution < -0.4 is 0 Å². The average Bonchev–Trinajstić information content (AvgIpc) is 3.31. The van der Waals surface area contributed by atoms with Gasteiger partial charge in [-0.15, -0.1) is 0 Å². The van der Waals surface area contributed by atoms with Crippen LogP contribution in [-0.4, -0.2) is 89.2 Å². The largest absolute Gasteiger partial charge is 0.479 e. The van der Waals surface area contributed by atoms with Gasteiger partial charge in [0, 0.05) is 19.3 Å². The van der Waals surface area contributed by atoms with Crippen molar-refractivity contribution < 1.29 is 58.2 Å². The molecular weight excluding hydrogens is 853 g/mol. The molecule has 1 saturated heterocycles. The summed E-state index contributed by atoms with van der Waals surface area (Å²) in [6.45, 7) is 5.80. The van der Waals surface area contributed by atoms with E-state index in [1.165, 1.54) is 103 Å². The summed E-state index contributed by atoms with van der Waals surface area (Å²) in [4.78, 5) is 50.7. The molecule has 1 rings (SSSR count). The number of hydrogen-bond donors (Lipinski definition) is 3. The highest BCUT2D eigenvalue weighted by Gasteiger charge is 2.50. The fraction of sp³-hybridized carbons (Fsp3) is 0.782. The van der Waals surface area contributed by atoms with E-state index in [1.807, 2.05) is 18.2 Å². The zero-order valence-electron chi connectivity index (χ0n) is 42.1. The number of rotatable bonds is 44. The van der Waals surface area contributed by atoms with Gasteiger partial charge >= 0.3 is 23.9 Å². The van der Waals surface area contributed by atoms with Gasteiger partial charge in [-0.05, 0) is 44.9 Å². The number of aliphatic carboxylic acids is 1. The van der Waals surface area contributed by atoms with Crippen LogP contribution >= 0.6 is 0 Å². The highest BCUT2D eigenvalue weighted by atomic mass is 16.7. The van der Waals surface area contributed by atoms with Crippen molar-refractivity contribution in [3.05, 3.63) is 48.6 Å². The highest BCUT2D eigenvalue weighted by molar-refractivity contribution is 5.74. The van der Waals surface area contributed by atoms with Crippen molar-refractivity contribution >= 4 is 23.9 Å². The lowest BCUT2D eigenvalue weighted by molar-refractivity contribution is -0.301. The van der Waals surface area contributed by atoms with E-state index in [1.54, 1.807) is 0 Å². The minimum Gasteiger partial charge on any atom is -0.479 e. The first-order valence-corrected chi connectivity index (χ1v) is 26.6. The quantitative estimate of drug-likeness (QED) is 0.0228. The van der Waals surface area contributed by atoms with Crippen molar-refractivity contribution in [2.75, 3.05) is 13.2 Å². The Bertz CT molecular complexity index is 1360. The predicted molar refractivity (Wildman–Crippen MR) is 266 cm³/mol. The van der Waals surface area contributed by atoms with Gasteiger partial charge in [-0.25, -0.2) is 4.79 Å². The van der Waals surface area contributed by atoms with E-state index in [-0.39, 0.29) is 25.9 Å². The molecule has 0 aromatic rings. The van der Waals surface area contributed by atoms with E-state index >= 15 is 0 Å². The van der Waals surface area contributed by atoms with Gasteiger partial charge in [0.1, 0.15) is 18.8 Å². The number of unbranched alkanes of at least 4 members (excludes halogenated alkanes) is 22. The number of allylic oxidation sites excluding steroid dienone is 8. The average molecular weight is 947 g/mol. The summed E-state index contributed by atoms with van der Waals surface area (Å²) in [7, 11) is 0. The second-order valence-corrected chi connectivity index (χ2v) is 18.1. The smallest absolute Gasteiger partial charge is 0.335 e. The number of carbonyl (C=O) groups excluding carboxylic acids is 3. The fourth-order valence-corrected chi connectivity index (χ4v) is 7.85. The van der Waals surface area contributed by atoms with Gasteiger partial charge in [-0.3, -0.25) is 14.4 Å². The standard InChI is InChI=1S/C55H94O12/c1-4-7-10-13-16-19-21-23-24-26-27-30-32-35-38-41-47(56)63-44-46(65-48(57)42-39-36-33-29-18-15-12-9-6-3)45-64-55-53(51(60)50(59)52(67-55)54(61)62)66-49(58)43-40-37-34-31-28-25-22-20-17-14-11-8-5-2/h8,11,17,20,25,28,34,37,46,50-53,55,59-60H,4-7,9-10,12-16,18-19,21-24,26-27,29-33,35-36,38-45H2,1-3H3,(H,61,62)/b11-8-,20-17-,28-25-,37-34-. The molecule has 0 aromatic heterocycles. The molecule has 1 fully saturated rings. The lowest BCUT2D eigenvalue weighted by Crippen LogP contribution is -2.61. The van der Waals surface area contributed by atoms with E-state index in [0.29, 0.717) is 25.7 Å². The third-order valence-electron chi connectivity index (χ3n) is 11.9. The van der Waals surface area contributed by atoms with Crippen LogP contribution in [0.15, 0.2) is 48.6 Å². The summed E-state index contributed by atoms with van der Waals surface area (Å²) >= 11 is 0. The Balaban J connectivity index is 2.73. The molecule has 0 aliphatic carbocycles. The van der Waals surface area contributed by atoms with Crippen LogP contribution in [0.3, 0.4) is 0 Å². The van der Waals surface area contributed by atoms with Gasteiger partial charge in [-0.2, -0.15) is 0 Å². The lowest BCUT2D eigenvalue weighted by atomic mass is 9.98. The number of aliphatic hydroxyl groups excluding tert-OH is 2. The van der Waals surface area contributed by atoms with Crippen molar-refractivity contribution in [3.8, 4) is 0 Å². The maximum absolute atomic E-state index is 13.0. The molecule has 0 saturated carbocycles. The molecule has 0 aromatic carbocycles. The van der Waals surface area contributed by atoms with Crippen LogP contribution in [0.5, 0.6) is 0 Å². The van der Waals surface area contributed by atoms with Crippen LogP contribution in [0.2, 0.25) is 0 Å². The Morgan fingerprint density at radius 1 is 0.507 bits per heavy atom. The van der Waals surface area contributed by atoms with Gasteiger partial charge < -0.3 is 39.0 Å². The molecule has 6 unspecified atom stereocenters. The van der Waals surface area contributed by atoms with Crippen LogP contribution in [0, 0.1) is 0 Å². The van der Waals surface area contributed by atoms with E-state index < -0.39 is 67.3 Å². The summed E-state index contributed by atoms with van der Waals surface area (Å²) in [6.07, 6.45) is 38.4. The van der Waals surface area contributed by atoms with E-state index in [0.717, 1.165) is 57.8 Å². The summed E-state index contributed by atoms with van der Waals surface area (Å²) in [5.41, 5.74) is 0. The Hall–Kier alpha value is -3.32. The van der Waals surface area contributed by atoms with E-state index in [9.17, 15) is 34.5 Å². The molecule has 67 heavy (non-hydrogen) atoms. The molecule has 0 radical (unpaired) electrons. The fourth-order valence-electron chi connectivity index (χ4n) is 7.85. The summed E-state index contributed by atoms with van der Waals surface area (Å²) in [6, 6.07) is 0. The first-order chi connectivity index (χ1) is 32.6. The molecule has 1 heterocycles. The second-order valence-electron chi connectivity index (χ2n) is 18.1. The van der Waals surface area contributed by atoms with Gasteiger partial charge in [0.05, 0.1) is 6.61 Å². The summed E-state index contributed by atoms with van der Waals surface area (Å²) in [5, 5.41) is 31.3. The highest BCUT2D eigenvalue weighted by Crippen LogP contribution is 2.26. The molecule has 386 valence electrons. The second kappa shape index (κ2) is 43.9. The first-order valence-electron chi connectivity index (χ1n) is 26.6. The van der Waals surface area contributed by atoms with Crippen LogP contribution in [0.1, 0.15) is 226 Å². The van der Waals surface area contributed by atoms with Gasteiger partial charge in [0.2, 0.25) is 0 Å². The molecule has 12 heteroatoms. The van der Waals surface area contributed by atoms with Gasteiger partial charge in [0.25, 0.3) is 0 Å². The summed E-state index contributed by atoms with van der Waals surface area (Å²) in [5.74, 6) is -3.22. The number of hydrogen-bond acceptors (Lipinski definition) is 11. The minimum atomic E-state index is -1.92.